The van der Waals surface area contributed by atoms with Crippen LogP contribution < -0.4 is 52.4 Å². The molecule has 718 valence electrons. The van der Waals surface area contributed by atoms with Crippen molar-refractivity contribution in [1.29, 1.82) is 0 Å². The highest BCUT2D eigenvalue weighted by molar-refractivity contribution is 6.12. The number of alkyl halides is 5. The predicted octanol–water partition coefficient (Wildman–Crippen LogP) is 12.8. The van der Waals surface area contributed by atoms with Gasteiger partial charge in [-0.2, -0.15) is 4.39 Å². The lowest BCUT2D eigenvalue weighted by atomic mass is 9.81. The summed E-state index contributed by atoms with van der Waals surface area (Å²) >= 11 is 0. The molecule has 0 aliphatic carbocycles. The van der Waals surface area contributed by atoms with E-state index >= 15 is 0 Å². The van der Waals surface area contributed by atoms with E-state index in [-0.39, 0.29) is 60.0 Å². The van der Waals surface area contributed by atoms with E-state index in [1.165, 1.54) is 105 Å². The van der Waals surface area contributed by atoms with Gasteiger partial charge in [-0.15, -0.1) is 0 Å². The zero-order valence-corrected chi connectivity index (χ0v) is 78.4. The van der Waals surface area contributed by atoms with Gasteiger partial charge in [-0.3, -0.25) is 53.5 Å². The standard InChI is InChI=1S/C22H21FN4O3.C21H24FN3O3.C19H21FN4O2.C18H18F2N4O2.C18H21FN4O4/c1-13-9-17(7-8-18(13)30-14(2)23)22(20(28)27(3)21(24)26-22)16-6-4-5-15(10-16)19-11-25-12-29-19;1-13-10-17(8-9-18(13)28-14(2)22)21(19(26)25(3)20(23)24-21)16-7-5-6-15(11-16)12-27-4;1-11-9-14(5-6-16(11)26-13(3)20)19(15-7-8-22-12(2)10-15)17(25)24(4)18(21)23-19;1-10-8-12(4-5-14(10)26-11(2)19)18(13-6-7-22-15(20)9-13)16(25)24(3)17(21)23-18;1-10-7-12(5-6-13(10)27-11(2)19)18(16(24)23(3)17(20)22-18)14-8-26-15(21-14)9-25-4/h4-12,14H,1-3H3,(H2,24,26);5-11,14H,12H2,1-4H3,(H2,23,24);5-10,13H,1-4H3,(H2,21,23);4-9,11H,1-3H3,(H2,21,23);5-8,11H,9H2,1-4H3,(H2,20,22). The van der Waals surface area contributed by atoms with Gasteiger partial charge >= 0.3 is 0 Å². The van der Waals surface area contributed by atoms with Crippen molar-refractivity contribution in [3.05, 3.63) is 302 Å². The van der Waals surface area contributed by atoms with Crippen LogP contribution in [0, 0.1) is 47.5 Å². The molecule has 10 N–H and O–H groups in total. The minimum absolute atomic E-state index is 0.0163. The number of likely N-dealkylation sites (N-methyl/N-ethyl adjacent to an activating group) is 5. The third kappa shape index (κ3) is 20.0. The molecule has 0 bridgehead atoms. The quantitative estimate of drug-likeness (QED) is 0.0262. The first kappa shape index (κ1) is 100. The number of hydrogen-bond acceptors (Lipinski definition) is 28. The fourth-order valence-corrected chi connectivity index (χ4v) is 16.2. The molecular weight excluding hydrogens is 1780 g/mol. The van der Waals surface area contributed by atoms with Crippen molar-refractivity contribution >= 4 is 59.3 Å². The van der Waals surface area contributed by atoms with E-state index in [1.807, 2.05) is 61.5 Å². The number of nitrogens with zero attached hydrogens (tertiary/aromatic N) is 14. The van der Waals surface area contributed by atoms with Crippen molar-refractivity contribution in [1.82, 2.24) is 44.4 Å². The maximum Gasteiger partial charge on any atom is 0.268 e. The summed E-state index contributed by atoms with van der Waals surface area (Å²) in [5.41, 5.74) is 34.0. The molecule has 5 aliphatic rings. The number of benzene rings is 7. The number of carbonyl (C=O) groups is 5. The molecule has 5 amide bonds. The zero-order chi connectivity index (χ0) is 99.8. The van der Waals surface area contributed by atoms with E-state index in [1.54, 1.807) is 172 Å². The molecule has 0 fully saturated rings. The van der Waals surface area contributed by atoms with Crippen LogP contribution in [0.2, 0.25) is 0 Å². The van der Waals surface area contributed by atoms with Gasteiger partial charge in [0.05, 0.1) is 12.8 Å². The third-order valence-corrected chi connectivity index (χ3v) is 22.9. The Hall–Kier alpha value is -15.5. The second-order valence-electron chi connectivity index (χ2n) is 32.6. The summed E-state index contributed by atoms with van der Waals surface area (Å²) in [4.78, 5) is 111. The minimum Gasteiger partial charge on any atom is -0.460 e. The summed E-state index contributed by atoms with van der Waals surface area (Å²) < 4.78 is 127. The topological polar surface area (TPSA) is 436 Å². The van der Waals surface area contributed by atoms with Crippen LogP contribution in [-0.4, -0.2) is 185 Å². The van der Waals surface area contributed by atoms with Gasteiger partial charge in [0.1, 0.15) is 47.3 Å². The molecule has 0 radical (unpaired) electrons. The molecule has 10 atom stereocenters. The number of amides is 5. The smallest absolute Gasteiger partial charge is 0.268 e. The van der Waals surface area contributed by atoms with Crippen molar-refractivity contribution in [3.63, 3.8) is 0 Å². The minimum atomic E-state index is -1.53. The fourth-order valence-electron chi connectivity index (χ4n) is 16.2. The highest BCUT2D eigenvalue weighted by Gasteiger charge is 2.56. The molecule has 10 unspecified atom stereocenters. The van der Waals surface area contributed by atoms with Crippen molar-refractivity contribution in [3.8, 4) is 40.1 Å². The molecule has 39 heteroatoms. The SMILES string of the molecule is COCc1cccc(C2(c3ccc(OC(C)F)c(C)c3)N=C(N)N(C)C2=O)c1.COCc1nc(C2(c3ccc(OC(C)F)c(C)c3)N=C(N)N(C)C2=O)co1.Cc1cc(C2(c3ccc(OC(C)F)c(C)c3)N=C(N)N(C)C2=O)ccn1.Cc1cc(C2(c3cccc(-c4cnco4)c3)N=C(N)N(C)C2=O)ccc1OC(C)F.Cc1cc(C2(c3ccnc(F)c3)N=C(N)N(C)C2=O)ccc1OC(C)F. The average Bonchev–Trinajstić information content (AvgIpc) is 1.58. The van der Waals surface area contributed by atoms with Crippen LogP contribution in [0.4, 0.5) is 26.3 Å². The number of guanidine groups is 5. The molecule has 137 heavy (non-hydrogen) atoms. The Balaban J connectivity index is 0.000000154. The Bertz CT molecular complexity index is 6390. The normalized spacial score (nSPS) is 20.5. The third-order valence-electron chi connectivity index (χ3n) is 22.9. The molecule has 11 aromatic rings. The number of aromatic nitrogens is 4. The Morgan fingerprint density at radius 3 is 0.993 bits per heavy atom. The second-order valence-corrected chi connectivity index (χ2v) is 32.6. The molecule has 7 aromatic carbocycles. The Kier molecular flexibility index (Phi) is 30.2. The van der Waals surface area contributed by atoms with Crippen molar-refractivity contribution in [2.24, 2.45) is 53.6 Å². The second kappa shape index (κ2) is 41.1. The lowest BCUT2D eigenvalue weighted by Gasteiger charge is -2.27. The number of halogens is 6. The summed E-state index contributed by atoms with van der Waals surface area (Å²) in [6.45, 7) is 17.8. The lowest BCUT2D eigenvalue weighted by Crippen LogP contribution is -2.41. The summed E-state index contributed by atoms with van der Waals surface area (Å²) in [5.74, 6) is 0.958. The zero-order valence-electron chi connectivity index (χ0n) is 78.4. The number of pyridine rings is 2. The van der Waals surface area contributed by atoms with Crippen molar-refractivity contribution in [2.45, 2.75) is 149 Å². The highest BCUT2D eigenvalue weighted by atomic mass is 19.2. The molecule has 16 rings (SSSR count). The number of oxazole rings is 2. The predicted molar refractivity (Wildman–Crippen MR) is 497 cm³/mol. The van der Waals surface area contributed by atoms with Crippen LogP contribution in [0.15, 0.2) is 229 Å². The van der Waals surface area contributed by atoms with Crippen LogP contribution in [0.5, 0.6) is 28.7 Å². The average molecular weight is 1890 g/mol. The van der Waals surface area contributed by atoms with E-state index < -0.39 is 71.3 Å². The lowest BCUT2D eigenvalue weighted by molar-refractivity contribution is -0.130. The largest absolute Gasteiger partial charge is 0.460 e. The van der Waals surface area contributed by atoms with Gasteiger partial charge in [0, 0.05) is 108 Å². The van der Waals surface area contributed by atoms with Crippen LogP contribution in [0.25, 0.3) is 11.3 Å². The highest BCUT2D eigenvalue weighted by Crippen LogP contribution is 2.48. The number of aryl methyl sites for hydroxylation is 6. The van der Waals surface area contributed by atoms with E-state index in [0.29, 0.717) is 131 Å². The number of methoxy groups -OCH3 is 2. The van der Waals surface area contributed by atoms with Gasteiger partial charge in [-0.25, -0.2) is 61.9 Å². The molecular formula is C98H105F6N19O14. The van der Waals surface area contributed by atoms with Gasteiger partial charge in [0.2, 0.25) is 49.2 Å². The first-order valence-electron chi connectivity index (χ1n) is 42.8. The maximum atomic E-state index is 13.7. The number of ether oxygens (including phenoxy) is 7. The molecule has 9 heterocycles. The molecule has 0 saturated heterocycles. The molecule has 5 aliphatic heterocycles. The van der Waals surface area contributed by atoms with Crippen LogP contribution in [0.1, 0.15) is 135 Å². The van der Waals surface area contributed by atoms with E-state index in [9.17, 15) is 50.3 Å². The van der Waals surface area contributed by atoms with Crippen molar-refractivity contribution < 1.29 is 92.3 Å². The first-order valence-corrected chi connectivity index (χ1v) is 42.8. The van der Waals surface area contributed by atoms with Gasteiger partial charge in [-0.05, 0) is 216 Å². The summed E-state index contributed by atoms with van der Waals surface area (Å²) in [6.07, 6.45) is -0.0317. The summed E-state index contributed by atoms with van der Waals surface area (Å²) in [7, 11) is 10.9. The molecule has 4 aromatic heterocycles. The van der Waals surface area contributed by atoms with Crippen LogP contribution in [0.3, 0.4) is 0 Å². The number of aliphatic imine (C=N–C) groups is 5. The van der Waals surface area contributed by atoms with Crippen LogP contribution in [-0.2, 0) is 74.4 Å². The molecule has 0 saturated carbocycles. The number of carbonyl (C=O) groups excluding carboxylic acids is 5. The van der Waals surface area contributed by atoms with Gasteiger partial charge in [-0.1, -0.05) is 72.8 Å². The Labute approximate surface area is 786 Å². The van der Waals surface area contributed by atoms with E-state index in [0.717, 1.165) is 22.9 Å². The summed E-state index contributed by atoms with van der Waals surface area (Å²) in [5, 5.41) is 0. The van der Waals surface area contributed by atoms with E-state index in [2.05, 4.69) is 44.9 Å². The van der Waals surface area contributed by atoms with E-state index in [4.69, 9.17) is 70.7 Å². The molecule has 0 spiro atoms. The first-order chi connectivity index (χ1) is 64.9. The Morgan fingerprint density at radius 2 is 0.686 bits per heavy atom. The van der Waals surface area contributed by atoms with Gasteiger partial charge in [0.25, 0.3) is 29.5 Å². The van der Waals surface area contributed by atoms with Crippen LogP contribution >= 0.6 is 0 Å². The number of nitrogens with two attached hydrogens (primary N) is 5. The van der Waals surface area contributed by atoms with Crippen molar-refractivity contribution in [2.75, 3.05) is 49.5 Å². The molecule has 33 nitrogen and oxygen atoms in total. The Morgan fingerprint density at radius 1 is 0.372 bits per heavy atom. The summed E-state index contributed by atoms with van der Waals surface area (Å²) in [6, 6.07) is 46.2. The fraction of sp³-hybridized carbons (Fsp3) is 0.306. The van der Waals surface area contributed by atoms with Gasteiger partial charge < -0.3 is 70.7 Å². The maximum absolute atomic E-state index is 13.7. The number of rotatable bonds is 25. The monoisotopic (exact) mass is 1890 g/mol. The van der Waals surface area contributed by atoms with Gasteiger partial charge in [0.15, 0.2) is 64.1 Å². The number of hydrogen-bond donors (Lipinski definition) is 5.